The monoisotopic (exact) mass is 345 g/mol. The van der Waals surface area contributed by atoms with Crippen LogP contribution in [-0.2, 0) is 11.2 Å². The predicted molar refractivity (Wildman–Crippen MR) is 101 cm³/mol. The maximum absolute atomic E-state index is 11.5. The zero-order valence-corrected chi connectivity index (χ0v) is 14.8. The average molecular weight is 345 g/mol. The molecule has 0 fully saturated rings. The molecule has 0 aliphatic carbocycles. The fraction of sp³-hybridized carbons (Fsp3) is 0.182. The largest absolute Gasteiger partial charge is 0.461 e. The molecule has 0 radical (unpaired) electrons. The number of carbonyl (C=O) groups excluding carboxylic acids is 1. The molecule has 0 saturated carbocycles. The van der Waals surface area contributed by atoms with E-state index < -0.39 is 0 Å². The SMILES string of the molecule is CC(=O)CCc1oc2ccc(-c3cccnc3)cc2c1-c1ccc(C)o1. The number of Topliss-reactive ketones (excluding diaryl/α,β-unsaturated/α-hetero) is 1. The molecule has 4 nitrogen and oxygen atoms in total. The molecule has 0 spiro atoms. The van der Waals surface area contributed by atoms with Crippen molar-refractivity contribution in [1.29, 1.82) is 0 Å². The third-order valence-corrected chi connectivity index (χ3v) is 4.45. The lowest BCUT2D eigenvalue weighted by atomic mass is 10.0. The van der Waals surface area contributed by atoms with E-state index in [1.54, 1.807) is 13.1 Å². The van der Waals surface area contributed by atoms with E-state index in [9.17, 15) is 4.79 Å². The Bertz CT molecular complexity index is 1070. The van der Waals surface area contributed by atoms with Crippen LogP contribution < -0.4 is 0 Å². The summed E-state index contributed by atoms with van der Waals surface area (Å²) in [6.07, 6.45) is 4.61. The highest BCUT2D eigenvalue weighted by molar-refractivity contribution is 5.97. The van der Waals surface area contributed by atoms with Gasteiger partial charge in [-0.3, -0.25) is 4.98 Å². The van der Waals surface area contributed by atoms with E-state index in [0.29, 0.717) is 12.8 Å². The standard InChI is InChI=1S/C22H19NO3/c1-14(24)5-8-21-22(20-9-6-15(2)25-20)18-12-16(7-10-19(18)26-21)17-4-3-11-23-13-17/h3-4,6-7,9-13H,5,8H2,1-2H3. The topological polar surface area (TPSA) is 56.2 Å². The van der Waals surface area contributed by atoms with Gasteiger partial charge in [0.1, 0.15) is 28.6 Å². The molecule has 1 aromatic carbocycles. The summed E-state index contributed by atoms with van der Waals surface area (Å²) in [6.45, 7) is 3.52. The molecule has 26 heavy (non-hydrogen) atoms. The summed E-state index contributed by atoms with van der Waals surface area (Å²) in [5.74, 6) is 2.54. The van der Waals surface area contributed by atoms with Crippen molar-refractivity contribution in [1.82, 2.24) is 4.98 Å². The Morgan fingerprint density at radius 1 is 1.08 bits per heavy atom. The highest BCUT2D eigenvalue weighted by atomic mass is 16.4. The third-order valence-electron chi connectivity index (χ3n) is 4.45. The number of hydrogen-bond donors (Lipinski definition) is 0. The molecule has 0 aliphatic rings. The second kappa shape index (κ2) is 6.64. The predicted octanol–water partition coefficient (Wildman–Crippen LogP) is 5.58. The minimum absolute atomic E-state index is 0.142. The second-order valence-electron chi connectivity index (χ2n) is 6.47. The van der Waals surface area contributed by atoms with Crippen LogP contribution in [0.2, 0.25) is 0 Å². The van der Waals surface area contributed by atoms with Crippen molar-refractivity contribution in [2.24, 2.45) is 0 Å². The van der Waals surface area contributed by atoms with Gasteiger partial charge in [0.05, 0.1) is 5.56 Å². The van der Waals surface area contributed by atoms with Gasteiger partial charge in [-0.2, -0.15) is 0 Å². The number of furan rings is 2. The smallest absolute Gasteiger partial charge is 0.138 e. The van der Waals surface area contributed by atoms with E-state index in [-0.39, 0.29) is 5.78 Å². The molecule has 130 valence electrons. The van der Waals surface area contributed by atoms with Crippen molar-refractivity contribution >= 4 is 16.8 Å². The molecule has 0 aliphatic heterocycles. The van der Waals surface area contributed by atoms with Crippen molar-refractivity contribution in [3.05, 3.63) is 66.4 Å². The zero-order valence-electron chi connectivity index (χ0n) is 14.8. The highest BCUT2D eigenvalue weighted by Gasteiger charge is 2.19. The Kier molecular flexibility index (Phi) is 4.17. The van der Waals surface area contributed by atoms with E-state index in [1.807, 2.05) is 49.5 Å². The molecule has 0 amide bonds. The molecule has 4 rings (SSSR count). The minimum Gasteiger partial charge on any atom is -0.461 e. The maximum atomic E-state index is 11.5. The van der Waals surface area contributed by atoms with Gasteiger partial charge in [0.15, 0.2) is 0 Å². The van der Waals surface area contributed by atoms with Crippen molar-refractivity contribution in [3.8, 4) is 22.5 Å². The van der Waals surface area contributed by atoms with Gasteiger partial charge in [-0.05, 0) is 49.7 Å². The van der Waals surface area contributed by atoms with Gasteiger partial charge in [-0.1, -0.05) is 12.1 Å². The summed E-state index contributed by atoms with van der Waals surface area (Å²) in [5.41, 5.74) is 3.83. The van der Waals surface area contributed by atoms with E-state index >= 15 is 0 Å². The molecule has 3 aromatic heterocycles. The molecule has 4 aromatic rings. The number of benzene rings is 1. The summed E-state index contributed by atoms with van der Waals surface area (Å²) in [5, 5.41) is 0.985. The third kappa shape index (κ3) is 3.06. The summed E-state index contributed by atoms with van der Waals surface area (Å²) in [6, 6.07) is 13.9. The molecule has 0 atom stereocenters. The summed E-state index contributed by atoms with van der Waals surface area (Å²) >= 11 is 0. The highest BCUT2D eigenvalue weighted by Crippen LogP contribution is 2.38. The van der Waals surface area contributed by atoms with Crippen molar-refractivity contribution in [2.75, 3.05) is 0 Å². The molecule has 0 unspecified atom stereocenters. The number of rotatable bonds is 5. The number of aryl methyl sites for hydroxylation is 2. The molecule has 0 N–H and O–H groups in total. The Balaban J connectivity index is 1.89. The van der Waals surface area contributed by atoms with Gasteiger partial charge in [-0.25, -0.2) is 0 Å². The van der Waals surface area contributed by atoms with E-state index in [1.165, 1.54) is 0 Å². The normalized spacial score (nSPS) is 11.2. The number of pyridine rings is 1. The quantitative estimate of drug-likeness (QED) is 0.473. The fourth-order valence-electron chi connectivity index (χ4n) is 3.17. The van der Waals surface area contributed by atoms with Crippen LogP contribution >= 0.6 is 0 Å². The lowest BCUT2D eigenvalue weighted by molar-refractivity contribution is -0.117. The van der Waals surface area contributed by atoms with Gasteiger partial charge < -0.3 is 13.6 Å². The zero-order chi connectivity index (χ0) is 18.1. The van der Waals surface area contributed by atoms with Crippen LogP contribution in [0.3, 0.4) is 0 Å². The van der Waals surface area contributed by atoms with Gasteiger partial charge in [0, 0.05) is 36.2 Å². The van der Waals surface area contributed by atoms with Crippen LogP contribution in [0.25, 0.3) is 33.4 Å². The van der Waals surface area contributed by atoms with Crippen molar-refractivity contribution in [3.63, 3.8) is 0 Å². The number of hydrogen-bond acceptors (Lipinski definition) is 4. The lowest BCUT2D eigenvalue weighted by Crippen LogP contribution is -1.94. The Morgan fingerprint density at radius 2 is 1.96 bits per heavy atom. The van der Waals surface area contributed by atoms with Gasteiger partial charge in [0.2, 0.25) is 0 Å². The first-order valence-electron chi connectivity index (χ1n) is 8.64. The molecular weight excluding hydrogens is 326 g/mol. The number of aromatic nitrogens is 1. The molecule has 3 heterocycles. The summed E-state index contributed by atoms with van der Waals surface area (Å²) in [4.78, 5) is 15.7. The number of ketones is 1. The maximum Gasteiger partial charge on any atom is 0.138 e. The Hall–Kier alpha value is -3.14. The van der Waals surface area contributed by atoms with Crippen LogP contribution in [0.5, 0.6) is 0 Å². The van der Waals surface area contributed by atoms with Crippen LogP contribution in [0.1, 0.15) is 24.9 Å². The first-order chi connectivity index (χ1) is 12.6. The van der Waals surface area contributed by atoms with Crippen LogP contribution in [-0.4, -0.2) is 10.8 Å². The van der Waals surface area contributed by atoms with Crippen LogP contribution in [0.4, 0.5) is 0 Å². The van der Waals surface area contributed by atoms with E-state index in [0.717, 1.165) is 44.9 Å². The molecule has 0 bridgehead atoms. The minimum atomic E-state index is 0.142. The second-order valence-corrected chi connectivity index (χ2v) is 6.47. The summed E-state index contributed by atoms with van der Waals surface area (Å²) < 4.78 is 11.9. The number of fused-ring (bicyclic) bond motifs is 1. The van der Waals surface area contributed by atoms with Gasteiger partial charge in [-0.15, -0.1) is 0 Å². The van der Waals surface area contributed by atoms with Crippen LogP contribution in [0.15, 0.2) is 63.7 Å². The summed E-state index contributed by atoms with van der Waals surface area (Å²) in [7, 11) is 0. The van der Waals surface area contributed by atoms with E-state index in [2.05, 4.69) is 11.1 Å². The first-order valence-corrected chi connectivity index (χ1v) is 8.64. The van der Waals surface area contributed by atoms with Crippen molar-refractivity contribution in [2.45, 2.75) is 26.7 Å². The number of nitrogens with zero attached hydrogens (tertiary/aromatic N) is 1. The number of carbonyl (C=O) groups is 1. The van der Waals surface area contributed by atoms with Gasteiger partial charge >= 0.3 is 0 Å². The average Bonchev–Trinajstić information content (AvgIpc) is 3.22. The van der Waals surface area contributed by atoms with Crippen molar-refractivity contribution < 1.29 is 13.6 Å². The first kappa shape index (κ1) is 16.3. The lowest BCUT2D eigenvalue weighted by Gasteiger charge is -2.02. The fourth-order valence-corrected chi connectivity index (χ4v) is 3.17. The molecular formula is C22H19NO3. The Labute approximate surface area is 151 Å². The van der Waals surface area contributed by atoms with Crippen LogP contribution in [0, 0.1) is 6.92 Å². The Morgan fingerprint density at radius 3 is 2.65 bits per heavy atom. The molecule has 0 saturated heterocycles. The van der Waals surface area contributed by atoms with E-state index in [4.69, 9.17) is 8.83 Å². The molecule has 4 heteroatoms. The van der Waals surface area contributed by atoms with Gasteiger partial charge in [0.25, 0.3) is 0 Å².